The first kappa shape index (κ1) is 37.3. The van der Waals surface area contributed by atoms with Gasteiger partial charge in [0.05, 0.1) is 42.9 Å². The van der Waals surface area contributed by atoms with Gasteiger partial charge in [0.25, 0.3) is 0 Å². The molecule has 12 heteroatoms. The molecule has 0 saturated carbocycles. The summed E-state index contributed by atoms with van der Waals surface area (Å²) in [5, 5.41) is 2.77. The van der Waals surface area contributed by atoms with Crippen LogP contribution in [0.5, 0.6) is 0 Å². The van der Waals surface area contributed by atoms with E-state index in [0.29, 0.717) is 32.1 Å². The number of aromatic amines is 1. The van der Waals surface area contributed by atoms with Crippen LogP contribution in [-0.4, -0.2) is 80.1 Å². The maximum absolute atomic E-state index is 13.8. The van der Waals surface area contributed by atoms with Crippen LogP contribution in [0.3, 0.4) is 0 Å². The number of imidazole rings is 2. The molecule has 2 fully saturated rings. The SMILES string of the molecule is COC(=O)N[C@H]1CCCCOCc2c(-c3ccc(-c4ccc(-c5c[nH]c([C@@H]6CCCN6C(=O)[C@@H](C)C(C)C)n5)cc4)cc3)nc(n2C)[C@@H]2CCCN2C1=O. The molecular weight excluding hydrogens is 683 g/mol. The third-order valence-electron chi connectivity index (χ3n) is 11.6. The number of amides is 3. The van der Waals surface area contributed by atoms with Gasteiger partial charge in [-0.1, -0.05) is 69.3 Å². The van der Waals surface area contributed by atoms with Crippen molar-refractivity contribution in [3.8, 4) is 33.6 Å². The number of H-pyrrole nitrogens is 1. The van der Waals surface area contributed by atoms with Crippen LogP contribution in [0, 0.1) is 11.8 Å². The normalized spacial score (nSPS) is 21.3. The number of carbonyl (C=O) groups is 3. The number of hydrogen-bond donors (Lipinski definition) is 2. The number of aromatic nitrogens is 4. The van der Waals surface area contributed by atoms with Crippen molar-refractivity contribution in [1.29, 1.82) is 0 Å². The van der Waals surface area contributed by atoms with Gasteiger partial charge in [0, 0.05) is 50.0 Å². The van der Waals surface area contributed by atoms with Gasteiger partial charge in [-0.3, -0.25) is 9.59 Å². The van der Waals surface area contributed by atoms with Gasteiger partial charge in [-0.25, -0.2) is 14.8 Å². The Balaban J connectivity index is 1.09. The second-order valence-electron chi connectivity index (χ2n) is 15.3. The maximum Gasteiger partial charge on any atom is 0.407 e. The average molecular weight is 736 g/mol. The number of fused-ring (bicyclic) bond motifs is 4. The molecule has 2 aromatic carbocycles. The van der Waals surface area contributed by atoms with Crippen LogP contribution in [0.1, 0.15) is 95.1 Å². The summed E-state index contributed by atoms with van der Waals surface area (Å²) >= 11 is 0. The van der Waals surface area contributed by atoms with Crippen molar-refractivity contribution < 1.29 is 23.9 Å². The van der Waals surface area contributed by atoms with Crippen LogP contribution >= 0.6 is 0 Å². The Morgan fingerprint density at radius 1 is 0.870 bits per heavy atom. The van der Waals surface area contributed by atoms with Gasteiger partial charge >= 0.3 is 6.09 Å². The highest BCUT2D eigenvalue weighted by molar-refractivity contribution is 5.86. The molecule has 0 unspecified atom stereocenters. The fourth-order valence-corrected chi connectivity index (χ4v) is 8.10. The number of benzene rings is 2. The van der Waals surface area contributed by atoms with Gasteiger partial charge in [-0.15, -0.1) is 0 Å². The van der Waals surface area contributed by atoms with E-state index in [2.05, 4.69) is 77.2 Å². The smallest absolute Gasteiger partial charge is 0.407 e. The Kier molecular flexibility index (Phi) is 11.2. The topological polar surface area (TPSA) is 135 Å². The third-order valence-corrected chi connectivity index (χ3v) is 11.6. The number of likely N-dealkylation sites (tertiary alicyclic amines) is 1. The molecule has 2 bridgehead atoms. The Morgan fingerprint density at radius 2 is 1.54 bits per heavy atom. The Hall–Kier alpha value is -4.97. The molecule has 2 N–H and O–H groups in total. The summed E-state index contributed by atoms with van der Waals surface area (Å²) in [6, 6.07) is 16.0. The van der Waals surface area contributed by atoms with Crippen molar-refractivity contribution in [1.82, 2.24) is 34.6 Å². The van der Waals surface area contributed by atoms with Gasteiger partial charge in [0.2, 0.25) is 11.8 Å². The minimum Gasteiger partial charge on any atom is -0.453 e. The number of rotatable bonds is 7. The molecule has 12 nitrogen and oxygen atoms in total. The molecular formula is C42H53N7O5. The summed E-state index contributed by atoms with van der Waals surface area (Å²) in [7, 11) is 3.32. The van der Waals surface area contributed by atoms with Crippen LogP contribution in [-0.2, 0) is 32.7 Å². The lowest BCUT2D eigenvalue weighted by atomic mass is 9.96. The van der Waals surface area contributed by atoms with Gasteiger partial charge in [0.15, 0.2) is 0 Å². The van der Waals surface area contributed by atoms with E-state index >= 15 is 0 Å². The predicted molar refractivity (Wildman–Crippen MR) is 206 cm³/mol. The monoisotopic (exact) mass is 735 g/mol. The van der Waals surface area contributed by atoms with Crippen molar-refractivity contribution in [3.05, 3.63) is 72.1 Å². The molecule has 2 aromatic heterocycles. The molecule has 0 radical (unpaired) electrons. The minimum absolute atomic E-state index is 0.0133. The molecule has 4 aromatic rings. The Bertz CT molecular complexity index is 1950. The van der Waals surface area contributed by atoms with Gasteiger partial charge in [0.1, 0.15) is 17.7 Å². The van der Waals surface area contributed by atoms with Crippen molar-refractivity contribution in [3.63, 3.8) is 0 Å². The number of methoxy groups -OCH3 is 1. The second kappa shape index (κ2) is 16.2. The number of ether oxygens (including phenoxy) is 2. The molecule has 3 amide bonds. The lowest BCUT2D eigenvalue weighted by molar-refractivity contribution is -0.137. The molecule has 286 valence electrons. The van der Waals surface area contributed by atoms with Crippen LogP contribution in [0.15, 0.2) is 54.7 Å². The fourth-order valence-electron chi connectivity index (χ4n) is 8.10. The van der Waals surface area contributed by atoms with E-state index in [1.165, 1.54) is 7.11 Å². The van der Waals surface area contributed by atoms with E-state index in [4.69, 9.17) is 19.4 Å². The first-order valence-electron chi connectivity index (χ1n) is 19.5. The van der Waals surface area contributed by atoms with Crippen molar-refractivity contribution >= 4 is 17.9 Å². The van der Waals surface area contributed by atoms with E-state index in [9.17, 15) is 14.4 Å². The third kappa shape index (κ3) is 7.53. The van der Waals surface area contributed by atoms with Crippen molar-refractivity contribution in [2.75, 3.05) is 26.8 Å². The number of nitrogens with one attached hydrogen (secondary N) is 2. The molecule has 2 saturated heterocycles. The van der Waals surface area contributed by atoms with Gasteiger partial charge in [-0.2, -0.15) is 0 Å². The number of carbonyl (C=O) groups excluding carboxylic acids is 3. The summed E-state index contributed by atoms with van der Waals surface area (Å²) in [5.74, 6) is 2.07. The number of nitrogens with zero attached hydrogens (tertiary/aromatic N) is 5. The highest BCUT2D eigenvalue weighted by atomic mass is 16.5. The average Bonchev–Trinajstić information content (AvgIpc) is 4.01. The highest BCUT2D eigenvalue weighted by Gasteiger charge is 2.38. The lowest BCUT2D eigenvalue weighted by Gasteiger charge is -2.29. The predicted octanol–water partition coefficient (Wildman–Crippen LogP) is 7.19. The zero-order valence-corrected chi connectivity index (χ0v) is 32.1. The zero-order chi connectivity index (χ0) is 37.9. The van der Waals surface area contributed by atoms with Crippen LogP contribution < -0.4 is 5.32 Å². The molecule has 0 aliphatic carbocycles. The quantitative estimate of drug-likeness (QED) is 0.205. The van der Waals surface area contributed by atoms with Crippen LogP contribution in [0.25, 0.3) is 33.6 Å². The number of alkyl carbamates (subject to hydrolysis) is 1. The largest absolute Gasteiger partial charge is 0.453 e. The molecule has 3 aliphatic rings. The first-order chi connectivity index (χ1) is 26.1. The summed E-state index contributed by atoms with van der Waals surface area (Å²) in [6.45, 7) is 8.56. The molecule has 54 heavy (non-hydrogen) atoms. The zero-order valence-electron chi connectivity index (χ0n) is 32.1. The van der Waals surface area contributed by atoms with Crippen molar-refractivity contribution in [2.24, 2.45) is 18.9 Å². The maximum atomic E-state index is 13.8. The summed E-state index contributed by atoms with van der Waals surface area (Å²) in [4.78, 5) is 56.6. The van der Waals surface area contributed by atoms with Gasteiger partial charge in [-0.05, 0) is 62.0 Å². The molecule has 7 rings (SSSR count). The van der Waals surface area contributed by atoms with Crippen LogP contribution in [0.2, 0.25) is 0 Å². The first-order valence-corrected chi connectivity index (χ1v) is 19.5. The molecule has 3 aliphatic heterocycles. The molecule has 0 spiro atoms. The lowest BCUT2D eigenvalue weighted by Crippen LogP contribution is -2.48. The summed E-state index contributed by atoms with van der Waals surface area (Å²) in [6.07, 6.45) is 6.94. The summed E-state index contributed by atoms with van der Waals surface area (Å²) < 4.78 is 13.1. The molecule has 5 heterocycles. The van der Waals surface area contributed by atoms with Crippen LogP contribution in [0.4, 0.5) is 4.79 Å². The fraction of sp³-hybridized carbons (Fsp3) is 0.500. The standard InChI is InChI=1S/C42H53N7O5/c1-26(2)27(3)40(50)48-21-8-11-34(48)38-43-24-33(44-38)30-17-13-28(14-18-30)29-15-19-31(20-16-29)37-36-25-54-23-7-6-10-32(45-42(52)53-5)41(51)49-22-9-12-35(49)39(46-37)47(36)4/h13-20,24,26-27,32,34-35H,6-12,21-23,25H2,1-5H3,(H,43,44)(H,45,52)/t27-,32-,34-,35-/m0/s1. The minimum atomic E-state index is -0.658. The summed E-state index contributed by atoms with van der Waals surface area (Å²) in [5.41, 5.74) is 6.86. The highest BCUT2D eigenvalue weighted by Crippen LogP contribution is 2.37. The van der Waals surface area contributed by atoms with E-state index in [-0.39, 0.29) is 29.8 Å². The second-order valence-corrected chi connectivity index (χ2v) is 15.3. The van der Waals surface area contributed by atoms with Gasteiger partial charge < -0.3 is 34.1 Å². The van der Waals surface area contributed by atoms with E-state index < -0.39 is 12.1 Å². The van der Waals surface area contributed by atoms with E-state index in [1.54, 1.807) is 0 Å². The van der Waals surface area contributed by atoms with E-state index in [1.807, 2.05) is 30.0 Å². The number of hydrogen-bond acceptors (Lipinski definition) is 7. The Morgan fingerprint density at radius 3 is 2.24 bits per heavy atom. The molecule has 4 atom stereocenters. The van der Waals surface area contributed by atoms with E-state index in [0.717, 1.165) is 96.1 Å². The van der Waals surface area contributed by atoms with Crippen molar-refractivity contribution in [2.45, 2.75) is 90.4 Å². The Labute approximate surface area is 317 Å².